The van der Waals surface area contributed by atoms with E-state index in [0.29, 0.717) is 21.4 Å². The Balaban J connectivity index is 2.15. The van der Waals surface area contributed by atoms with Crippen molar-refractivity contribution >= 4 is 17.3 Å². The van der Waals surface area contributed by atoms with E-state index in [0.717, 1.165) is 5.56 Å². The van der Waals surface area contributed by atoms with Crippen LogP contribution in [0, 0.1) is 6.92 Å². The Morgan fingerprint density at radius 2 is 1.90 bits per heavy atom. The second kappa shape index (κ2) is 5.41. The summed E-state index contributed by atoms with van der Waals surface area (Å²) in [4.78, 5) is 24.6. The van der Waals surface area contributed by atoms with Crippen LogP contribution in [0.4, 0.5) is 0 Å². The number of benzene rings is 1. The molecule has 0 aliphatic carbocycles. The van der Waals surface area contributed by atoms with Crippen LogP contribution in [0.5, 0.6) is 0 Å². The first-order valence-corrected chi connectivity index (χ1v) is 7.06. The maximum Gasteiger partial charge on any atom is 0.356 e. The molecule has 2 aromatic heterocycles. The van der Waals surface area contributed by atoms with Gasteiger partial charge in [-0.25, -0.2) is 19.7 Å². The molecule has 0 radical (unpaired) electrons. The Morgan fingerprint density at radius 1 is 1.14 bits per heavy atom. The predicted octanol–water partition coefficient (Wildman–Crippen LogP) is 3.27. The SMILES string of the molecule is Cc1nccc(-c2nc(C(=O)O)c(-c3ccccc3)s2)n1. The fraction of sp³-hybridized carbons (Fsp3) is 0.0667. The van der Waals surface area contributed by atoms with Gasteiger partial charge in [-0.1, -0.05) is 30.3 Å². The molecule has 104 valence electrons. The van der Waals surface area contributed by atoms with E-state index >= 15 is 0 Å². The molecule has 0 aliphatic rings. The van der Waals surface area contributed by atoms with Crippen molar-refractivity contribution in [3.63, 3.8) is 0 Å². The molecule has 0 spiro atoms. The first-order valence-electron chi connectivity index (χ1n) is 6.24. The van der Waals surface area contributed by atoms with Gasteiger partial charge in [0.2, 0.25) is 0 Å². The molecule has 1 N–H and O–H groups in total. The van der Waals surface area contributed by atoms with Crippen LogP contribution in [-0.2, 0) is 0 Å². The van der Waals surface area contributed by atoms with Crippen molar-refractivity contribution in [2.24, 2.45) is 0 Å². The number of thiazole rings is 1. The fourth-order valence-corrected chi connectivity index (χ4v) is 2.97. The minimum atomic E-state index is -1.04. The zero-order valence-corrected chi connectivity index (χ0v) is 12.0. The number of carboxylic acid groups (broad SMARTS) is 1. The van der Waals surface area contributed by atoms with Crippen LogP contribution in [0.15, 0.2) is 42.6 Å². The zero-order valence-electron chi connectivity index (χ0n) is 11.1. The highest BCUT2D eigenvalue weighted by atomic mass is 32.1. The molecule has 6 heteroatoms. The molecule has 0 amide bonds. The highest BCUT2D eigenvalue weighted by Crippen LogP contribution is 2.34. The largest absolute Gasteiger partial charge is 0.476 e. The van der Waals surface area contributed by atoms with Crippen LogP contribution in [0.25, 0.3) is 21.1 Å². The van der Waals surface area contributed by atoms with Gasteiger partial charge >= 0.3 is 5.97 Å². The van der Waals surface area contributed by atoms with E-state index in [1.165, 1.54) is 11.3 Å². The van der Waals surface area contributed by atoms with Gasteiger partial charge in [0, 0.05) is 6.20 Å². The van der Waals surface area contributed by atoms with Gasteiger partial charge in [0.05, 0.1) is 4.88 Å². The summed E-state index contributed by atoms with van der Waals surface area (Å²) >= 11 is 1.32. The number of rotatable bonds is 3. The quantitative estimate of drug-likeness (QED) is 0.803. The summed E-state index contributed by atoms with van der Waals surface area (Å²) in [5, 5.41) is 9.93. The number of aromatic carboxylic acids is 1. The third kappa shape index (κ3) is 2.66. The summed E-state index contributed by atoms with van der Waals surface area (Å²) in [6.07, 6.45) is 1.64. The number of hydrogen-bond donors (Lipinski definition) is 1. The van der Waals surface area contributed by atoms with Crippen LogP contribution in [0.1, 0.15) is 16.3 Å². The average Bonchev–Trinajstić information content (AvgIpc) is 2.93. The standard InChI is InChI=1S/C15H11N3O2S/c1-9-16-8-7-11(17-9)14-18-12(15(19)20)13(21-14)10-5-3-2-4-6-10/h2-8H,1H3,(H,19,20). The predicted molar refractivity (Wildman–Crippen MR) is 80.3 cm³/mol. The van der Waals surface area contributed by atoms with Crippen molar-refractivity contribution in [1.29, 1.82) is 0 Å². The van der Waals surface area contributed by atoms with Crippen LogP contribution in [-0.4, -0.2) is 26.0 Å². The molecule has 0 unspecified atom stereocenters. The van der Waals surface area contributed by atoms with Crippen LogP contribution in [0.3, 0.4) is 0 Å². The molecule has 1 aromatic carbocycles. The molecule has 0 saturated heterocycles. The minimum Gasteiger partial charge on any atom is -0.476 e. The highest BCUT2D eigenvalue weighted by Gasteiger charge is 2.20. The number of aryl methyl sites for hydroxylation is 1. The first-order chi connectivity index (χ1) is 10.1. The molecular formula is C15H11N3O2S. The Hall–Kier alpha value is -2.60. The molecule has 5 nitrogen and oxygen atoms in total. The molecule has 2 heterocycles. The molecule has 0 atom stereocenters. The second-order valence-electron chi connectivity index (χ2n) is 4.36. The molecule has 21 heavy (non-hydrogen) atoms. The average molecular weight is 297 g/mol. The molecule has 3 rings (SSSR count). The van der Waals surface area contributed by atoms with Crippen LogP contribution >= 0.6 is 11.3 Å². The fourth-order valence-electron chi connectivity index (χ4n) is 1.94. The Morgan fingerprint density at radius 3 is 2.57 bits per heavy atom. The number of nitrogens with zero attached hydrogens (tertiary/aromatic N) is 3. The van der Waals surface area contributed by atoms with Gasteiger partial charge in [-0.3, -0.25) is 0 Å². The van der Waals surface area contributed by atoms with E-state index in [2.05, 4.69) is 15.0 Å². The lowest BCUT2D eigenvalue weighted by atomic mass is 10.1. The summed E-state index contributed by atoms with van der Waals surface area (Å²) < 4.78 is 0. The zero-order chi connectivity index (χ0) is 14.8. The lowest BCUT2D eigenvalue weighted by Crippen LogP contribution is -1.99. The summed E-state index contributed by atoms with van der Waals surface area (Å²) in [5.74, 6) is -0.414. The van der Waals surface area contributed by atoms with Crippen molar-refractivity contribution in [2.45, 2.75) is 6.92 Å². The Kier molecular flexibility index (Phi) is 3.45. The van der Waals surface area contributed by atoms with Gasteiger partial charge in [0.15, 0.2) is 5.69 Å². The topological polar surface area (TPSA) is 76.0 Å². The Labute approximate surface area is 125 Å². The van der Waals surface area contributed by atoms with Gasteiger partial charge in [-0.2, -0.15) is 0 Å². The highest BCUT2D eigenvalue weighted by molar-refractivity contribution is 7.18. The van der Waals surface area contributed by atoms with E-state index < -0.39 is 5.97 Å². The van der Waals surface area contributed by atoms with Gasteiger partial charge < -0.3 is 5.11 Å². The van der Waals surface area contributed by atoms with Crippen LogP contribution in [0.2, 0.25) is 0 Å². The number of aromatic nitrogens is 3. The van der Waals surface area contributed by atoms with Crippen LogP contribution < -0.4 is 0 Å². The lowest BCUT2D eigenvalue weighted by molar-refractivity contribution is 0.0692. The Bertz CT molecular complexity index is 800. The van der Waals surface area contributed by atoms with Crippen molar-refractivity contribution in [1.82, 2.24) is 15.0 Å². The smallest absolute Gasteiger partial charge is 0.356 e. The van der Waals surface area contributed by atoms with Crippen molar-refractivity contribution in [3.05, 3.63) is 54.1 Å². The molecular weight excluding hydrogens is 286 g/mol. The van der Waals surface area contributed by atoms with E-state index in [9.17, 15) is 9.90 Å². The third-order valence-electron chi connectivity index (χ3n) is 2.86. The van der Waals surface area contributed by atoms with Gasteiger partial charge in [-0.05, 0) is 18.6 Å². The minimum absolute atomic E-state index is 0.0532. The van der Waals surface area contributed by atoms with E-state index in [-0.39, 0.29) is 5.69 Å². The maximum atomic E-state index is 11.4. The summed E-state index contributed by atoms with van der Waals surface area (Å²) in [7, 11) is 0. The van der Waals surface area contributed by atoms with Gasteiger partial charge in [0.25, 0.3) is 0 Å². The molecule has 0 aliphatic heterocycles. The van der Waals surface area contributed by atoms with Gasteiger partial charge in [-0.15, -0.1) is 11.3 Å². The van der Waals surface area contributed by atoms with Gasteiger partial charge in [0.1, 0.15) is 16.5 Å². The molecule has 0 fully saturated rings. The van der Waals surface area contributed by atoms with E-state index in [1.807, 2.05) is 30.3 Å². The molecule has 0 saturated carbocycles. The normalized spacial score (nSPS) is 10.5. The maximum absolute atomic E-state index is 11.4. The summed E-state index contributed by atoms with van der Waals surface area (Å²) in [6.45, 7) is 1.79. The van der Waals surface area contributed by atoms with E-state index in [1.54, 1.807) is 19.2 Å². The van der Waals surface area contributed by atoms with Crippen molar-refractivity contribution in [3.8, 4) is 21.1 Å². The van der Waals surface area contributed by atoms with Crippen molar-refractivity contribution < 1.29 is 9.90 Å². The first kappa shape index (κ1) is 13.4. The monoisotopic (exact) mass is 297 g/mol. The molecule has 0 bridgehead atoms. The number of carbonyl (C=O) groups is 1. The van der Waals surface area contributed by atoms with E-state index in [4.69, 9.17) is 0 Å². The number of hydrogen-bond acceptors (Lipinski definition) is 5. The third-order valence-corrected chi connectivity index (χ3v) is 3.99. The van der Waals surface area contributed by atoms with Crippen molar-refractivity contribution in [2.75, 3.05) is 0 Å². The lowest BCUT2D eigenvalue weighted by Gasteiger charge is -1.97. The molecule has 3 aromatic rings. The number of carboxylic acids is 1. The second-order valence-corrected chi connectivity index (χ2v) is 5.36. The summed E-state index contributed by atoms with van der Waals surface area (Å²) in [5.41, 5.74) is 1.53. The summed E-state index contributed by atoms with van der Waals surface area (Å²) in [6, 6.07) is 11.1.